The van der Waals surface area contributed by atoms with Gasteiger partial charge >= 0.3 is 0 Å². The lowest BCUT2D eigenvalue weighted by Crippen LogP contribution is -2.54. The summed E-state index contributed by atoms with van der Waals surface area (Å²) < 4.78 is 0. The van der Waals surface area contributed by atoms with Crippen molar-refractivity contribution in [3.63, 3.8) is 0 Å². The summed E-state index contributed by atoms with van der Waals surface area (Å²) in [6, 6.07) is 0.0623. The Bertz CT molecular complexity index is 670. The molecule has 0 aromatic carbocycles. The maximum absolute atomic E-state index is 12.8. The van der Waals surface area contributed by atoms with Crippen LogP contribution in [0, 0.1) is 12.3 Å². The highest BCUT2D eigenvalue weighted by molar-refractivity contribution is 5.95. The second kappa shape index (κ2) is 5.74. The molecule has 2 rings (SSSR count). The van der Waals surface area contributed by atoms with Crippen LogP contribution in [0.1, 0.15) is 62.9 Å². The van der Waals surface area contributed by atoms with Crippen molar-refractivity contribution in [1.29, 1.82) is 0 Å². The lowest BCUT2D eigenvalue weighted by Gasteiger charge is -2.42. The Morgan fingerprint density at radius 2 is 2.00 bits per heavy atom. The number of nitrogens with two attached hydrogens (primary N) is 1. The van der Waals surface area contributed by atoms with Gasteiger partial charge in [0.25, 0.3) is 11.5 Å². The van der Waals surface area contributed by atoms with E-state index in [0.29, 0.717) is 24.6 Å². The first kappa shape index (κ1) is 17.7. The Labute approximate surface area is 137 Å². The van der Waals surface area contributed by atoms with Gasteiger partial charge in [0.15, 0.2) is 0 Å². The molecule has 6 nitrogen and oxygen atoms in total. The quantitative estimate of drug-likeness (QED) is 0.821. The average molecular weight is 320 g/mol. The predicted molar refractivity (Wildman–Crippen MR) is 90.6 cm³/mol. The maximum Gasteiger partial charge on any atom is 0.264 e. The molecule has 128 valence electrons. The third-order valence-corrected chi connectivity index (χ3v) is 4.62. The minimum atomic E-state index is -0.361. The Morgan fingerprint density at radius 3 is 2.48 bits per heavy atom. The largest absolute Gasteiger partial charge is 0.338 e. The molecule has 6 heteroatoms. The summed E-state index contributed by atoms with van der Waals surface area (Å²) in [5.74, 6) is 0.342. The van der Waals surface area contributed by atoms with E-state index >= 15 is 0 Å². The third kappa shape index (κ3) is 3.47. The monoisotopic (exact) mass is 320 g/mol. The van der Waals surface area contributed by atoms with Crippen molar-refractivity contribution in [2.45, 2.75) is 59.4 Å². The standard InChI is InChI=1S/C17H28N4O2/c1-10-12(13(22)20-15(19-10)16(2,3)4)14(23)21-8-7-11(18)17(5,6)9-21/h11H,7-9,18H2,1-6H3,(H,19,20,22). The summed E-state index contributed by atoms with van der Waals surface area (Å²) in [4.78, 5) is 34.2. The molecule has 1 aliphatic heterocycles. The highest BCUT2D eigenvalue weighted by atomic mass is 16.2. The third-order valence-electron chi connectivity index (χ3n) is 4.62. The van der Waals surface area contributed by atoms with Gasteiger partial charge in [-0.3, -0.25) is 9.59 Å². The molecule has 0 bridgehead atoms. The van der Waals surface area contributed by atoms with Crippen molar-refractivity contribution in [3.05, 3.63) is 27.4 Å². The first-order valence-electron chi connectivity index (χ1n) is 8.10. The number of piperidine rings is 1. The lowest BCUT2D eigenvalue weighted by atomic mass is 9.79. The molecule has 1 atom stereocenters. The summed E-state index contributed by atoms with van der Waals surface area (Å²) in [6.45, 7) is 12.9. The van der Waals surface area contributed by atoms with Crippen molar-refractivity contribution in [3.8, 4) is 0 Å². The highest BCUT2D eigenvalue weighted by Crippen LogP contribution is 2.28. The zero-order chi connectivity index (χ0) is 17.6. The van der Waals surface area contributed by atoms with E-state index in [1.165, 1.54) is 0 Å². The summed E-state index contributed by atoms with van der Waals surface area (Å²) in [5, 5.41) is 0. The summed E-state index contributed by atoms with van der Waals surface area (Å²) in [5.41, 5.74) is 5.96. The molecule has 1 unspecified atom stereocenters. The molecule has 0 spiro atoms. The molecule has 2 heterocycles. The zero-order valence-corrected chi connectivity index (χ0v) is 15.0. The molecule has 3 N–H and O–H groups in total. The fourth-order valence-electron chi connectivity index (χ4n) is 2.90. The van der Waals surface area contributed by atoms with Gasteiger partial charge in [-0.05, 0) is 18.8 Å². The fraction of sp³-hybridized carbons (Fsp3) is 0.706. The van der Waals surface area contributed by atoms with Gasteiger partial charge in [0.05, 0.1) is 5.69 Å². The minimum Gasteiger partial charge on any atom is -0.338 e. The van der Waals surface area contributed by atoms with Gasteiger partial charge in [-0.15, -0.1) is 0 Å². The van der Waals surface area contributed by atoms with E-state index in [2.05, 4.69) is 23.8 Å². The molecule has 1 fully saturated rings. The smallest absolute Gasteiger partial charge is 0.264 e. The van der Waals surface area contributed by atoms with E-state index in [4.69, 9.17) is 5.73 Å². The van der Waals surface area contributed by atoms with Crippen LogP contribution in [-0.4, -0.2) is 39.9 Å². The number of aromatic nitrogens is 2. The van der Waals surface area contributed by atoms with Gasteiger partial charge in [-0.25, -0.2) is 4.98 Å². The van der Waals surface area contributed by atoms with Crippen LogP contribution in [0.5, 0.6) is 0 Å². The van der Waals surface area contributed by atoms with Gasteiger partial charge in [-0.2, -0.15) is 0 Å². The Balaban J connectivity index is 2.36. The SMILES string of the molecule is Cc1nc(C(C)(C)C)[nH]c(=O)c1C(=O)N1CCC(N)C(C)(C)C1. The van der Waals surface area contributed by atoms with Crippen LogP contribution in [0.25, 0.3) is 0 Å². The number of aromatic amines is 1. The van der Waals surface area contributed by atoms with E-state index in [0.717, 1.165) is 6.42 Å². The lowest BCUT2D eigenvalue weighted by molar-refractivity contribution is 0.0530. The topological polar surface area (TPSA) is 92.1 Å². The van der Waals surface area contributed by atoms with Crippen LogP contribution in [0.4, 0.5) is 0 Å². The molecule has 1 aliphatic rings. The van der Waals surface area contributed by atoms with Gasteiger partial charge in [-0.1, -0.05) is 34.6 Å². The summed E-state index contributed by atoms with van der Waals surface area (Å²) >= 11 is 0. The average Bonchev–Trinajstić information content (AvgIpc) is 2.39. The van der Waals surface area contributed by atoms with Gasteiger partial charge in [0.2, 0.25) is 0 Å². The molecule has 23 heavy (non-hydrogen) atoms. The van der Waals surface area contributed by atoms with Gasteiger partial charge in [0.1, 0.15) is 11.4 Å². The molecular formula is C17H28N4O2. The Hall–Kier alpha value is -1.69. The number of rotatable bonds is 1. The number of H-pyrrole nitrogens is 1. The summed E-state index contributed by atoms with van der Waals surface area (Å²) in [7, 11) is 0. The van der Waals surface area contributed by atoms with Gasteiger partial charge in [0, 0.05) is 24.5 Å². The fourth-order valence-corrected chi connectivity index (χ4v) is 2.90. The van der Waals surface area contributed by atoms with E-state index in [-0.39, 0.29) is 33.9 Å². The number of carbonyl (C=O) groups is 1. The van der Waals surface area contributed by atoms with Crippen molar-refractivity contribution < 1.29 is 4.79 Å². The molecule has 0 aliphatic carbocycles. The van der Waals surface area contributed by atoms with E-state index in [1.807, 2.05) is 20.8 Å². The minimum absolute atomic E-state index is 0.0623. The van der Waals surface area contributed by atoms with Crippen LogP contribution in [0.2, 0.25) is 0 Å². The number of likely N-dealkylation sites (tertiary alicyclic amines) is 1. The molecule has 0 saturated carbocycles. The summed E-state index contributed by atoms with van der Waals surface area (Å²) in [6.07, 6.45) is 0.739. The molecule has 1 aromatic rings. The first-order valence-corrected chi connectivity index (χ1v) is 8.10. The number of hydrogen-bond donors (Lipinski definition) is 2. The van der Waals surface area contributed by atoms with E-state index < -0.39 is 0 Å². The Morgan fingerprint density at radius 1 is 1.39 bits per heavy atom. The number of nitrogens with zero attached hydrogens (tertiary/aromatic N) is 2. The normalized spacial score (nSPS) is 21.3. The Kier molecular flexibility index (Phi) is 4.41. The van der Waals surface area contributed by atoms with Crippen molar-refractivity contribution in [2.75, 3.05) is 13.1 Å². The number of amides is 1. The van der Waals surface area contributed by atoms with Crippen LogP contribution in [0.15, 0.2) is 4.79 Å². The van der Waals surface area contributed by atoms with Crippen LogP contribution < -0.4 is 11.3 Å². The van der Waals surface area contributed by atoms with Crippen LogP contribution >= 0.6 is 0 Å². The number of aryl methyl sites for hydroxylation is 1. The van der Waals surface area contributed by atoms with Crippen LogP contribution in [-0.2, 0) is 5.41 Å². The highest BCUT2D eigenvalue weighted by Gasteiger charge is 2.36. The van der Waals surface area contributed by atoms with Crippen molar-refractivity contribution >= 4 is 5.91 Å². The predicted octanol–water partition coefficient (Wildman–Crippen LogP) is 1.58. The van der Waals surface area contributed by atoms with Crippen LogP contribution in [0.3, 0.4) is 0 Å². The molecule has 1 saturated heterocycles. The van der Waals surface area contributed by atoms with Crippen molar-refractivity contribution in [2.24, 2.45) is 11.1 Å². The maximum atomic E-state index is 12.8. The second-order valence-electron chi connectivity index (χ2n) is 8.24. The van der Waals surface area contributed by atoms with E-state index in [1.54, 1.807) is 11.8 Å². The van der Waals surface area contributed by atoms with Gasteiger partial charge < -0.3 is 15.6 Å². The number of carbonyl (C=O) groups excluding carboxylic acids is 1. The first-order chi connectivity index (χ1) is 10.4. The number of hydrogen-bond acceptors (Lipinski definition) is 4. The molecule has 1 aromatic heterocycles. The molecule has 1 amide bonds. The number of nitrogens with one attached hydrogen (secondary N) is 1. The van der Waals surface area contributed by atoms with Crippen molar-refractivity contribution in [1.82, 2.24) is 14.9 Å². The second-order valence-corrected chi connectivity index (χ2v) is 8.24. The zero-order valence-electron chi connectivity index (χ0n) is 15.0. The molecular weight excluding hydrogens is 292 g/mol. The van der Waals surface area contributed by atoms with E-state index in [9.17, 15) is 9.59 Å². The molecule has 0 radical (unpaired) electrons.